The lowest BCUT2D eigenvalue weighted by Crippen LogP contribution is -2.46. The molecule has 0 unspecified atom stereocenters. The van der Waals surface area contributed by atoms with Crippen molar-refractivity contribution in [2.75, 3.05) is 13.1 Å². The molecule has 0 amide bonds. The summed E-state index contributed by atoms with van der Waals surface area (Å²) in [4.78, 5) is 11.6. The molecule has 1 aliphatic heterocycles. The van der Waals surface area contributed by atoms with Gasteiger partial charge in [-0.3, -0.25) is 4.90 Å². The molecule has 6 nitrogen and oxygen atoms in total. The predicted octanol–water partition coefficient (Wildman–Crippen LogP) is 2.71. The number of pyridine rings is 1. The van der Waals surface area contributed by atoms with Crippen LogP contribution in [0, 0.1) is 6.92 Å². The molecule has 3 N–H and O–H groups in total. The molecule has 0 aliphatic carbocycles. The van der Waals surface area contributed by atoms with E-state index in [9.17, 15) is 0 Å². The third-order valence-corrected chi connectivity index (χ3v) is 5.35. The second kappa shape index (κ2) is 8.44. The minimum atomic E-state index is 0.388. The second-order valence-electron chi connectivity index (χ2n) is 7.51. The van der Waals surface area contributed by atoms with Crippen molar-refractivity contribution in [2.45, 2.75) is 38.9 Å². The van der Waals surface area contributed by atoms with Gasteiger partial charge in [0.05, 0.1) is 12.2 Å². The fourth-order valence-electron chi connectivity index (χ4n) is 3.77. The van der Waals surface area contributed by atoms with Gasteiger partial charge in [0.15, 0.2) is 5.96 Å². The number of aliphatic imine (C=N–C) groups is 1. The van der Waals surface area contributed by atoms with Crippen molar-refractivity contribution in [1.29, 1.82) is 0 Å². The van der Waals surface area contributed by atoms with E-state index in [4.69, 9.17) is 5.73 Å². The summed E-state index contributed by atoms with van der Waals surface area (Å²) in [6, 6.07) is 17.1. The number of nitrogens with one attached hydrogen (secondary N) is 1. The summed E-state index contributed by atoms with van der Waals surface area (Å²) >= 11 is 0. The molecule has 28 heavy (non-hydrogen) atoms. The molecule has 3 heterocycles. The van der Waals surface area contributed by atoms with Crippen molar-refractivity contribution in [3.8, 4) is 0 Å². The summed E-state index contributed by atoms with van der Waals surface area (Å²) in [7, 11) is 0. The number of nitrogens with zero attached hydrogens (tertiary/aromatic N) is 4. The van der Waals surface area contributed by atoms with Crippen molar-refractivity contribution in [1.82, 2.24) is 19.6 Å². The Bertz CT molecular complexity index is 938. The Morgan fingerprint density at radius 2 is 1.93 bits per heavy atom. The topological polar surface area (TPSA) is 70.9 Å². The van der Waals surface area contributed by atoms with Gasteiger partial charge in [-0.15, -0.1) is 0 Å². The normalized spacial score (nSPS) is 16.5. The van der Waals surface area contributed by atoms with Crippen LogP contribution in [0.15, 0.2) is 59.7 Å². The van der Waals surface area contributed by atoms with Gasteiger partial charge >= 0.3 is 0 Å². The third-order valence-electron chi connectivity index (χ3n) is 5.35. The molecule has 0 saturated carbocycles. The van der Waals surface area contributed by atoms with Gasteiger partial charge < -0.3 is 15.5 Å². The smallest absolute Gasteiger partial charge is 0.189 e. The van der Waals surface area contributed by atoms with Crippen molar-refractivity contribution < 1.29 is 0 Å². The molecule has 0 atom stereocenters. The first kappa shape index (κ1) is 18.5. The highest BCUT2D eigenvalue weighted by atomic mass is 15.2. The Balaban J connectivity index is 1.26. The average molecular weight is 377 g/mol. The summed E-state index contributed by atoms with van der Waals surface area (Å²) in [5.74, 6) is 0.510. The van der Waals surface area contributed by atoms with Gasteiger partial charge in [0.1, 0.15) is 5.65 Å². The highest BCUT2D eigenvalue weighted by Crippen LogP contribution is 2.14. The van der Waals surface area contributed by atoms with Crippen LogP contribution in [-0.4, -0.2) is 39.4 Å². The Kier molecular flexibility index (Phi) is 5.58. The van der Waals surface area contributed by atoms with E-state index in [1.54, 1.807) is 0 Å². The minimum absolute atomic E-state index is 0.388. The Morgan fingerprint density at radius 3 is 2.68 bits per heavy atom. The van der Waals surface area contributed by atoms with Crippen molar-refractivity contribution in [2.24, 2.45) is 10.7 Å². The van der Waals surface area contributed by atoms with E-state index < -0.39 is 0 Å². The monoisotopic (exact) mass is 376 g/mol. The van der Waals surface area contributed by atoms with Crippen molar-refractivity contribution in [3.05, 3.63) is 71.7 Å². The number of imidazole rings is 1. The molecule has 146 valence electrons. The van der Waals surface area contributed by atoms with Gasteiger partial charge in [-0.05, 0) is 37.5 Å². The largest absolute Gasteiger partial charge is 0.370 e. The number of aromatic nitrogens is 2. The van der Waals surface area contributed by atoms with E-state index in [1.165, 1.54) is 5.56 Å². The lowest BCUT2D eigenvalue weighted by Gasteiger charge is -2.32. The van der Waals surface area contributed by atoms with Gasteiger partial charge in [-0.1, -0.05) is 36.4 Å². The molecule has 1 fully saturated rings. The number of hydrogen-bond donors (Lipinski definition) is 2. The van der Waals surface area contributed by atoms with Gasteiger partial charge in [0.2, 0.25) is 0 Å². The second-order valence-corrected chi connectivity index (χ2v) is 7.51. The van der Waals surface area contributed by atoms with Gasteiger partial charge in [-0.2, -0.15) is 0 Å². The molecule has 2 aromatic heterocycles. The molecular formula is C22H28N6. The lowest BCUT2D eigenvalue weighted by atomic mass is 10.0. The minimum Gasteiger partial charge on any atom is -0.370 e. The van der Waals surface area contributed by atoms with Crippen molar-refractivity contribution in [3.63, 3.8) is 0 Å². The van der Waals surface area contributed by atoms with Crippen LogP contribution in [0.4, 0.5) is 0 Å². The highest BCUT2D eigenvalue weighted by molar-refractivity contribution is 5.78. The van der Waals surface area contributed by atoms with Crippen LogP contribution in [0.3, 0.4) is 0 Å². The maximum Gasteiger partial charge on any atom is 0.189 e. The summed E-state index contributed by atoms with van der Waals surface area (Å²) in [6.07, 6.45) is 4.19. The first-order valence-corrected chi connectivity index (χ1v) is 9.94. The molecular weight excluding hydrogens is 348 g/mol. The lowest BCUT2D eigenvalue weighted by molar-refractivity contribution is 0.199. The molecule has 1 saturated heterocycles. The Labute approximate surface area is 166 Å². The molecule has 3 aromatic rings. The van der Waals surface area contributed by atoms with Crippen LogP contribution in [0.25, 0.3) is 5.65 Å². The highest BCUT2D eigenvalue weighted by Gasteiger charge is 2.19. The maximum atomic E-state index is 6.13. The summed E-state index contributed by atoms with van der Waals surface area (Å²) in [5.41, 5.74) is 10.5. The number of fused-ring (bicyclic) bond motifs is 1. The zero-order chi connectivity index (χ0) is 19.3. The first-order valence-electron chi connectivity index (χ1n) is 9.94. The zero-order valence-corrected chi connectivity index (χ0v) is 16.4. The number of piperidine rings is 1. The van der Waals surface area contributed by atoms with Crippen LogP contribution in [0.5, 0.6) is 0 Å². The fourth-order valence-corrected chi connectivity index (χ4v) is 3.77. The molecule has 0 spiro atoms. The van der Waals surface area contributed by atoms with Crippen molar-refractivity contribution >= 4 is 11.6 Å². The summed E-state index contributed by atoms with van der Waals surface area (Å²) < 4.78 is 2.08. The summed E-state index contributed by atoms with van der Waals surface area (Å²) in [6.45, 7) is 5.73. The number of benzene rings is 1. The van der Waals surface area contributed by atoms with Crippen LogP contribution in [0.2, 0.25) is 0 Å². The molecule has 1 aliphatic rings. The number of aryl methyl sites for hydroxylation is 1. The van der Waals surface area contributed by atoms with E-state index in [0.717, 1.165) is 49.5 Å². The average Bonchev–Trinajstić information content (AvgIpc) is 3.13. The van der Waals surface area contributed by atoms with Gasteiger partial charge in [0.25, 0.3) is 0 Å². The standard InChI is InChI=1S/C22H28N6/c1-17-6-5-9-21-25-20(16-28(17)21)14-24-22(23)26-19-10-12-27(13-11-19)15-18-7-3-2-4-8-18/h2-9,16,19H,10-15H2,1H3,(H3,23,24,26). The Hall–Kier alpha value is -2.86. The number of hydrogen-bond acceptors (Lipinski definition) is 3. The van der Waals surface area contributed by atoms with E-state index in [-0.39, 0.29) is 0 Å². The number of guanidine groups is 1. The Morgan fingerprint density at radius 1 is 1.14 bits per heavy atom. The predicted molar refractivity (Wildman–Crippen MR) is 113 cm³/mol. The molecule has 1 aromatic carbocycles. The van der Waals surface area contributed by atoms with Gasteiger partial charge in [0, 0.05) is 37.6 Å². The van der Waals surface area contributed by atoms with Crippen LogP contribution >= 0.6 is 0 Å². The van der Waals surface area contributed by atoms with E-state index in [1.807, 2.05) is 18.3 Å². The van der Waals surface area contributed by atoms with Crippen LogP contribution in [-0.2, 0) is 13.1 Å². The van der Waals surface area contributed by atoms with E-state index in [2.05, 4.69) is 67.9 Å². The number of nitrogens with two attached hydrogens (primary N) is 1. The van der Waals surface area contributed by atoms with Crippen LogP contribution < -0.4 is 11.1 Å². The molecule has 4 rings (SSSR count). The first-order chi connectivity index (χ1) is 13.7. The number of likely N-dealkylation sites (tertiary alicyclic amines) is 1. The molecule has 0 bridgehead atoms. The molecule has 6 heteroatoms. The fraction of sp³-hybridized carbons (Fsp3) is 0.364. The van der Waals surface area contributed by atoms with Crippen LogP contribution in [0.1, 0.15) is 29.8 Å². The van der Waals surface area contributed by atoms with E-state index in [0.29, 0.717) is 18.5 Å². The van der Waals surface area contributed by atoms with E-state index >= 15 is 0 Å². The SMILES string of the molecule is Cc1cccc2nc(CN=C(N)NC3CCN(Cc4ccccc4)CC3)cn12. The maximum absolute atomic E-state index is 6.13. The zero-order valence-electron chi connectivity index (χ0n) is 16.4. The molecule has 0 radical (unpaired) electrons. The quantitative estimate of drug-likeness (QED) is 0.531. The number of rotatable bonds is 5. The third kappa shape index (κ3) is 4.51. The summed E-state index contributed by atoms with van der Waals surface area (Å²) in [5, 5.41) is 3.39. The van der Waals surface area contributed by atoms with Gasteiger partial charge in [-0.25, -0.2) is 9.98 Å².